The summed E-state index contributed by atoms with van der Waals surface area (Å²) in [5.41, 5.74) is 16.4. The fraction of sp³-hybridized carbons (Fsp3) is 0.539. The molecule has 0 unspecified atom stereocenters. The number of rotatable bonds is 39. The molecule has 8 bridgehead atoms. The Morgan fingerprint density at radius 3 is 1.31 bits per heavy atom. The van der Waals surface area contributed by atoms with Gasteiger partial charge in [-0.1, -0.05) is 190 Å². The number of hydrogen-bond donors (Lipinski definition) is 2. The van der Waals surface area contributed by atoms with Crippen LogP contribution in [0.1, 0.15) is 251 Å². The molecular formula is C76H105N5O4Si. The second-order valence-electron chi connectivity index (χ2n) is 24.8. The number of nitrogens with one attached hydrogen (secondary N) is 2. The van der Waals surface area contributed by atoms with Crippen LogP contribution in [0.5, 0.6) is 23.0 Å². The summed E-state index contributed by atoms with van der Waals surface area (Å²) in [6.45, 7) is 21.0. The Hall–Kier alpha value is -6.49. The zero-order chi connectivity index (χ0) is 60.8. The van der Waals surface area contributed by atoms with Gasteiger partial charge in [0.1, 0.15) is 31.1 Å². The number of hydrogen-bond acceptors (Lipinski definition) is 7. The van der Waals surface area contributed by atoms with Gasteiger partial charge in [0.15, 0.2) is 0 Å². The van der Waals surface area contributed by atoms with Gasteiger partial charge >= 0.3 is 0 Å². The van der Waals surface area contributed by atoms with E-state index >= 15 is 0 Å². The molecule has 0 amide bonds. The van der Waals surface area contributed by atoms with Gasteiger partial charge in [-0.05, 0) is 139 Å². The summed E-state index contributed by atoms with van der Waals surface area (Å²) < 4.78 is 26.6. The van der Waals surface area contributed by atoms with Gasteiger partial charge in [0.25, 0.3) is 0 Å². The molecule has 2 aliphatic heterocycles. The van der Waals surface area contributed by atoms with Crippen molar-refractivity contribution in [2.45, 2.75) is 239 Å². The van der Waals surface area contributed by atoms with Crippen molar-refractivity contribution in [1.29, 1.82) is 5.26 Å². The first-order valence-electron chi connectivity index (χ1n) is 33.9. The van der Waals surface area contributed by atoms with E-state index in [-0.39, 0.29) is 0 Å². The molecular weight excluding hydrogens is 1070 g/mol. The highest BCUT2D eigenvalue weighted by molar-refractivity contribution is 6.89. The van der Waals surface area contributed by atoms with E-state index in [9.17, 15) is 5.26 Å². The maximum Gasteiger partial charge on any atom is 0.143 e. The molecule has 10 heteroatoms. The fourth-order valence-corrected chi connectivity index (χ4v) is 16.5. The molecule has 2 aliphatic rings. The minimum atomic E-state index is -2.31. The second kappa shape index (κ2) is 36.6. The van der Waals surface area contributed by atoms with Crippen LogP contribution in [0.3, 0.4) is 0 Å². The van der Waals surface area contributed by atoms with E-state index in [1.807, 2.05) is 0 Å². The number of aromatic amines is 2. The molecule has 462 valence electrons. The topological polar surface area (TPSA) is 118 Å². The average Bonchev–Trinajstić information content (AvgIpc) is 3.24. The normalized spacial score (nSPS) is 12.0. The second-order valence-corrected chi connectivity index (χ2v) is 30.0. The van der Waals surface area contributed by atoms with Crippen molar-refractivity contribution >= 4 is 54.4 Å². The first kappa shape index (κ1) is 67.0. The van der Waals surface area contributed by atoms with Crippen molar-refractivity contribution < 1.29 is 18.9 Å². The number of fused-ring (bicyclic) bond motifs is 8. The zero-order valence-electron chi connectivity index (χ0n) is 54.2. The molecule has 0 saturated carbocycles. The lowest BCUT2D eigenvalue weighted by Gasteiger charge is -2.34. The molecule has 0 atom stereocenters. The third-order valence-corrected chi connectivity index (χ3v) is 23.2. The van der Waals surface area contributed by atoms with Crippen molar-refractivity contribution in [3.8, 4) is 62.8 Å². The van der Waals surface area contributed by atoms with Crippen molar-refractivity contribution in [3.63, 3.8) is 0 Å². The van der Waals surface area contributed by atoms with Gasteiger partial charge in [-0.25, -0.2) is 9.97 Å². The number of ether oxygens (including phenoxy) is 4. The lowest BCUT2D eigenvalue weighted by Crippen LogP contribution is -2.40. The van der Waals surface area contributed by atoms with Crippen molar-refractivity contribution in [2.24, 2.45) is 0 Å². The number of nitriles is 1. The third kappa shape index (κ3) is 20.3. The first-order chi connectivity index (χ1) is 42.1. The number of aromatic nitrogens is 4. The van der Waals surface area contributed by atoms with E-state index < -0.39 is 8.07 Å². The summed E-state index contributed by atoms with van der Waals surface area (Å²) in [5.74, 6) is 7.07. The highest BCUT2D eigenvalue weighted by Gasteiger charge is 2.38. The van der Waals surface area contributed by atoms with Crippen LogP contribution in [-0.2, 0) is 0 Å². The number of nitrogens with zero attached hydrogens (tertiary/aromatic N) is 3. The number of unbranched alkanes of at least 4 members (excludes halogenated alkanes) is 21. The summed E-state index contributed by atoms with van der Waals surface area (Å²) in [4.78, 5) is 18.8. The SMILES string of the molecule is CCCCCCCCOc1cc(OCCCCCCCC)cc(-c2c3nc(c(C#C[Si](CCCC#N)(C(C)C)C(C)C)c4ccc([nH]4)c(-c4cc(OCCCCCCCC)cc(OCCCCCCCC)c4)c4nc(cc5ccc2[nH]5)C=C4)C=C3)c1. The molecule has 0 radical (unpaired) electrons. The average molecular weight is 1180 g/mol. The van der Waals surface area contributed by atoms with Crippen molar-refractivity contribution in [2.75, 3.05) is 26.4 Å². The monoisotopic (exact) mass is 1180 g/mol. The van der Waals surface area contributed by atoms with E-state index in [1.54, 1.807) is 0 Å². The molecule has 2 N–H and O–H groups in total. The Morgan fingerprint density at radius 2 is 0.849 bits per heavy atom. The largest absolute Gasteiger partial charge is 0.493 e. The highest BCUT2D eigenvalue weighted by atomic mass is 28.3. The number of H-pyrrole nitrogens is 2. The van der Waals surface area contributed by atoms with Crippen molar-refractivity contribution in [1.82, 2.24) is 19.9 Å². The van der Waals surface area contributed by atoms with E-state index in [0.717, 1.165) is 159 Å². The summed E-state index contributed by atoms with van der Waals surface area (Å²) in [5, 5.41) is 9.73. The van der Waals surface area contributed by atoms with E-state index in [0.29, 0.717) is 43.9 Å². The fourth-order valence-electron chi connectivity index (χ4n) is 12.2. The molecule has 86 heavy (non-hydrogen) atoms. The van der Waals surface area contributed by atoms with E-state index in [4.69, 9.17) is 28.9 Å². The quantitative estimate of drug-likeness (QED) is 0.0224. The Labute approximate surface area is 519 Å². The van der Waals surface area contributed by atoms with Crippen LogP contribution in [0, 0.1) is 22.8 Å². The van der Waals surface area contributed by atoms with Gasteiger partial charge in [-0.15, -0.1) is 5.54 Å². The summed E-state index contributed by atoms with van der Waals surface area (Å²) in [6, 6.07) is 26.9. The zero-order valence-corrected chi connectivity index (χ0v) is 55.2. The van der Waals surface area contributed by atoms with Gasteiger partial charge in [-0.2, -0.15) is 5.26 Å². The first-order valence-corrected chi connectivity index (χ1v) is 36.3. The summed E-state index contributed by atoms with van der Waals surface area (Å²) >= 11 is 0. The molecule has 0 aliphatic carbocycles. The predicted molar refractivity (Wildman–Crippen MR) is 368 cm³/mol. The molecule has 5 heterocycles. The predicted octanol–water partition coefficient (Wildman–Crippen LogP) is 22.4. The van der Waals surface area contributed by atoms with Crippen LogP contribution in [-0.4, -0.2) is 54.4 Å². The molecule has 2 aromatic carbocycles. The summed E-state index contributed by atoms with van der Waals surface area (Å²) in [6.07, 6.45) is 38.5. The Bertz CT molecular complexity index is 3060. The standard InChI is InChI=1S/C76H105N5O4Si/c1-9-13-17-21-25-30-45-82-64-51-60(52-65(56-64)83-46-31-26-22-18-14-10-2)75-71-37-35-62(78-71)55-63-36-38-72(79-63)76(61-53-66(84-47-32-27-23-19-15-11-3)57-67(54-61)85-48-33-28-24-20-16-12-4)74-42-40-70(81-74)68(69-39-41-73(75)80-69)43-50-86(58(5)6,59(7)8)49-34-29-44-77/h35-42,51-59,78,81H,9-34,45-49H2,1-8H3. The van der Waals surface area contributed by atoms with Gasteiger partial charge in [-0.3, -0.25) is 0 Å². The van der Waals surface area contributed by atoms with Crippen LogP contribution in [0.4, 0.5) is 0 Å². The molecule has 0 spiro atoms. The maximum atomic E-state index is 9.73. The van der Waals surface area contributed by atoms with E-state index in [1.165, 1.54) is 103 Å². The van der Waals surface area contributed by atoms with E-state index in [2.05, 4.69) is 174 Å². The molecule has 0 fully saturated rings. The van der Waals surface area contributed by atoms with Crippen LogP contribution >= 0.6 is 0 Å². The lowest BCUT2D eigenvalue weighted by atomic mass is 10.0. The smallest absolute Gasteiger partial charge is 0.143 e. The van der Waals surface area contributed by atoms with Crippen LogP contribution < -0.4 is 18.9 Å². The van der Waals surface area contributed by atoms with Gasteiger partial charge in [0.05, 0.1) is 66.4 Å². The van der Waals surface area contributed by atoms with Crippen LogP contribution in [0.2, 0.25) is 17.1 Å². The van der Waals surface area contributed by atoms with Gasteiger partial charge in [0.2, 0.25) is 0 Å². The molecule has 9 nitrogen and oxygen atoms in total. The van der Waals surface area contributed by atoms with Crippen LogP contribution in [0.25, 0.3) is 68.6 Å². The maximum absolute atomic E-state index is 9.73. The van der Waals surface area contributed by atoms with Crippen LogP contribution in [0.15, 0.2) is 66.7 Å². The molecule has 0 saturated heterocycles. The Kier molecular flexibility index (Phi) is 28.5. The minimum absolute atomic E-state index is 0.375. The molecule has 5 aromatic rings. The summed E-state index contributed by atoms with van der Waals surface area (Å²) in [7, 11) is -2.31. The minimum Gasteiger partial charge on any atom is -0.493 e. The lowest BCUT2D eigenvalue weighted by molar-refractivity contribution is 0.289. The van der Waals surface area contributed by atoms with Gasteiger partial charge in [0, 0.05) is 46.2 Å². The third-order valence-electron chi connectivity index (χ3n) is 17.3. The van der Waals surface area contributed by atoms with Crippen molar-refractivity contribution in [3.05, 3.63) is 95.1 Å². The Balaban J connectivity index is 1.43. The highest BCUT2D eigenvalue weighted by Crippen LogP contribution is 2.40. The Morgan fingerprint density at radius 1 is 0.442 bits per heavy atom. The molecule has 3 aromatic heterocycles. The molecule has 7 rings (SSSR count). The number of benzene rings is 2. The van der Waals surface area contributed by atoms with Gasteiger partial charge < -0.3 is 28.9 Å².